The van der Waals surface area contributed by atoms with Gasteiger partial charge in [-0.25, -0.2) is 0 Å². The Morgan fingerprint density at radius 2 is 1.77 bits per heavy atom. The smallest absolute Gasteiger partial charge is 0.301 e. The van der Waals surface area contributed by atoms with Gasteiger partial charge in [0.15, 0.2) is 27.3 Å². The van der Waals surface area contributed by atoms with Gasteiger partial charge in [0.25, 0.3) is 5.78 Å². The number of aliphatic hydroxyl groups excluding tert-OH is 1. The van der Waals surface area contributed by atoms with Crippen LogP contribution >= 0.6 is 23.1 Å². The normalized spacial score (nSPS) is 16.8. The van der Waals surface area contributed by atoms with Crippen LogP contribution in [0, 0.1) is 0 Å². The number of rotatable bonds is 13. The zero-order valence-electron chi connectivity index (χ0n) is 26.1. The number of fused-ring (bicyclic) bond motifs is 1. The van der Waals surface area contributed by atoms with Crippen molar-refractivity contribution in [2.45, 2.75) is 49.2 Å². The van der Waals surface area contributed by atoms with Gasteiger partial charge in [-0.2, -0.15) is 0 Å². The third kappa shape index (κ3) is 7.08. The van der Waals surface area contributed by atoms with Crippen LogP contribution in [0.5, 0.6) is 23.0 Å². The van der Waals surface area contributed by atoms with Crippen molar-refractivity contribution in [2.75, 3.05) is 31.3 Å². The summed E-state index contributed by atoms with van der Waals surface area (Å²) in [7, 11) is 0. The standard InChI is InChI=1S/C35H35N3O7S2/c1-3-5-9-16-43-25-14-12-23(19-27(25)42-4-2)30-29(31(39)24-13-15-26-28(20-24)45-18-17-44-26)32(40)33(41)38(30)34-36-37-35(47-34)46-21-22-10-7-6-8-11-22/h6-8,10-15,19-20,30,39H,3-5,9,16-18,21H2,1-2H3/t30-/m1/s1. The van der Waals surface area contributed by atoms with Gasteiger partial charge in [-0.1, -0.05) is 79.3 Å². The third-order valence-electron chi connectivity index (χ3n) is 7.66. The minimum atomic E-state index is -1.02. The number of aromatic nitrogens is 2. The second kappa shape index (κ2) is 14.9. The van der Waals surface area contributed by atoms with Gasteiger partial charge in [-0.15, -0.1) is 10.2 Å². The molecular formula is C35H35N3O7S2. The molecule has 1 saturated heterocycles. The zero-order valence-corrected chi connectivity index (χ0v) is 27.8. The number of Topliss-reactive ketones (excluding diaryl/α,β-unsaturated/α-hetero) is 1. The van der Waals surface area contributed by atoms with Crippen molar-refractivity contribution >= 4 is 45.7 Å². The van der Waals surface area contributed by atoms with Crippen molar-refractivity contribution in [3.63, 3.8) is 0 Å². The number of nitrogens with zero attached hydrogens (tertiary/aromatic N) is 3. The Hall–Kier alpha value is -4.55. The molecule has 3 aromatic carbocycles. The number of carbonyl (C=O) groups is 2. The third-order valence-corrected chi connectivity index (χ3v) is 9.78. The molecule has 10 nitrogen and oxygen atoms in total. The van der Waals surface area contributed by atoms with Gasteiger partial charge in [0.05, 0.1) is 24.8 Å². The van der Waals surface area contributed by atoms with Gasteiger partial charge >= 0.3 is 5.91 Å². The molecular weight excluding hydrogens is 639 g/mol. The van der Waals surface area contributed by atoms with Gasteiger partial charge in [0.1, 0.15) is 19.0 Å². The van der Waals surface area contributed by atoms with Crippen LogP contribution in [0.15, 0.2) is 76.6 Å². The van der Waals surface area contributed by atoms with Crippen molar-refractivity contribution in [2.24, 2.45) is 0 Å². The molecule has 12 heteroatoms. The largest absolute Gasteiger partial charge is 0.507 e. The van der Waals surface area contributed by atoms with Crippen LogP contribution in [0.1, 0.15) is 55.8 Å². The van der Waals surface area contributed by atoms with Crippen molar-refractivity contribution in [1.29, 1.82) is 0 Å². The molecule has 244 valence electrons. The van der Waals surface area contributed by atoms with Gasteiger partial charge in [0, 0.05) is 11.3 Å². The van der Waals surface area contributed by atoms with E-state index in [1.54, 1.807) is 36.4 Å². The molecule has 0 spiro atoms. The molecule has 0 bridgehead atoms. The lowest BCUT2D eigenvalue weighted by Crippen LogP contribution is -2.29. The number of thioether (sulfide) groups is 1. The molecule has 0 aliphatic carbocycles. The van der Waals surface area contributed by atoms with Gasteiger partial charge in [-0.3, -0.25) is 14.5 Å². The van der Waals surface area contributed by atoms with E-state index >= 15 is 0 Å². The molecule has 1 aromatic heterocycles. The highest BCUT2D eigenvalue weighted by molar-refractivity contribution is 8.00. The topological polar surface area (TPSA) is 120 Å². The fraction of sp³-hybridized carbons (Fsp3) is 0.314. The van der Waals surface area contributed by atoms with E-state index < -0.39 is 17.7 Å². The number of anilines is 1. The fourth-order valence-electron chi connectivity index (χ4n) is 5.39. The van der Waals surface area contributed by atoms with Crippen LogP contribution in [0.4, 0.5) is 5.13 Å². The highest BCUT2D eigenvalue weighted by Gasteiger charge is 2.48. The van der Waals surface area contributed by atoms with E-state index in [1.807, 2.05) is 37.3 Å². The summed E-state index contributed by atoms with van der Waals surface area (Å²) < 4.78 is 24.0. The molecule has 4 aromatic rings. The number of ether oxygens (including phenoxy) is 4. The molecule has 47 heavy (non-hydrogen) atoms. The summed E-state index contributed by atoms with van der Waals surface area (Å²) in [6.45, 7) is 5.68. The lowest BCUT2D eigenvalue weighted by atomic mass is 9.95. The Kier molecular flexibility index (Phi) is 10.3. The molecule has 1 atom stereocenters. The maximum atomic E-state index is 13.8. The number of amides is 1. The number of benzene rings is 3. The molecule has 2 aliphatic rings. The second-order valence-electron chi connectivity index (χ2n) is 10.8. The van der Waals surface area contributed by atoms with E-state index in [1.165, 1.54) is 28.0 Å². The van der Waals surface area contributed by atoms with Crippen LogP contribution < -0.4 is 23.8 Å². The van der Waals surface area contributed by atoms with Crippen molar-refractivity contribution < 1.29 is 33.6 Å². The molecule has 0 unspecified atom stereocenters. The number of ketones is 1. The average molecular weight is 674 g/mol. The predicted molar refractivity (Wildman–Crippen MR) is 181 cm³/mol. The summed E-state index contributed by atoms with van der Waals surface area (Å²) in [5, 5.41) is 20.6. The first-order chi connectivity index (χ1) is 23.0. The lowest BCUT2D eigenvalue weighted by Gasteiger charge is -2.24. The molecule has 1 fully saturated rings. The minimum Gasteiger partial charge on any atom is -0.507 e. The van der Waals surface area contributed by atoms with Crippen molar-refractivity contribution in [1.82, 2.24) is 10.2 Å². The van der Waals surface area contributed by atoms with Crippen LogP contribution in [-0.4, -0.2) is 53.4 Å². The number of hydrogen-bond acceptors (Lipinski definition) is 11. The number of carbonyl (C=O) groups excluding carboxylic acids is 2. The highest BCUT2D eigenvalue weighted by Crippen LogP contribution is 2.46. The summed E-state index contributed by atoms with van der Waals surface area (Å²) in [6, 6.07) is 19.2. The molecule has 2 aliphatic heterocycles. The average Bonchev–Trinajstić information content (AvgIpc) is 3.67. The molecule has 6 rings (SSSR count). The zero-order chi connectivity index (χ0) is 32.8. The van der Waals surface area contributed by atoms with Gasteiger partial charge < -0.3 is 24.1 Å². The summed E-state index contributed by atoms with van der Waals surface area (Å²) in [5.74, 6) is 0.687. The predicted octanol–water partition coefficient (Wildman–Crippen LogP) is 7.20. The number of hydrogen-bond donors (Lipinski definition) is 1. The van der Waals surface area contributed by atoms with E-state index in [9.17, 15) is 14.7 Å². The van der Waals surface area contributed by atoms with E-state index in [0.29, 0.717) is 70.6 Å². The van der Waals surface area contributed by atoms with Gasteiger partial charge in [-0.05, 0) is 54.8 Å². The van der Waals surface area contributed by atoms with E-state index in [4.69, 9.17) is 18.9 Å². The Balaban J connectivity index is 1.41. The second-order valence-corrected chi connectivity index (χ2v) is 13.0. The quantitative estimate of drug-likeness (QED) is 0.0390. The Bertz CT molecular complexity index is 1780. The van der Waals surface area contributed by atoms with Crippen LogP contribution in [-0.2, 0) is 15.3 Å². The van der Waals surface area contributed by atoms with Crippen molar-refractivity contribution in [3.8, 4) is 23.0 Å². The van der Waals surface area contributed by atoms with E-state index in [0.717, 1.165) is 24.8 Å². The fourth-order valence-corrected chi connectivity index (χ4v) is 7.21. The Morgan fingerprint density at radius 1 is 0.957 bits per heavy atom. The molecule has 1 N–H and O–H groups in total. The molecule has 1 amide bonds. The molecule has 3 heterocycles. The van der Waals surface area contributed by atoms with Crippen molar-refractivity contribution in [3.05, 3.63) is 89.0 Å². The highest BCUT2D eigenvalue weighted by atomic mass is 32.2. The summed E-state index contributed by atoms with van der Waals surface area (Å²) in [6.07, 6.45) is 3.02. The lowest BCUT2D eigenvalue weighted by molar-refractivity contribution is -0.132. The first kappa shape index (κ1) is 32.4. The van der Waals surface area contributed by atoms with Crippen LogP contribution in [0.25, 0.3) is 5.76 Å². The monoisotopic (exact) mass is 673 g/mol. The maximum absolute atomic E-state index is 13.8. The number of aliphatic hydroxyl groups is 1. The molecule has 0 radical (unpaired) electrons. The first-order valence-electron chi connectivity index (χ1n) is 15.6. The van der Waals surface area contributed by atoms with E-state index in [-0.39, 0.29) is 16.5 Å². The van der Waals surface area contributed by atoms with Gasteiger partial charge in [0.2, 0.25) is 5.13 Å². The van der Waals surface area contributed by atoms with Crippen LogP contribution in [0.3, 0.4) is 0 Å². The first-order valence-corrected chi connectivity index (χ1v) is 17.4. The van der Waals surface area contributed by atoms with E-state index in [2.05, 4.69) is 17.1 Å². The summed E-state index contributed by atoms with van der Waals surface area (Å²) in [5.41, 5.74) is 1.89. The van der Waals surface area contributed by atoms with Crippen LogP contribution in [0.2, 0.25) is 0 Å². The Labute approximate surface area is 281 Å². The summed E-state index contributed by atoms with van der Waals surface area (Å²) >= 11 is 2.70. The number of unbranched alkanes of at least 4 members (excludes halogenated alkanes) is 2. The minimum absolute atomic E-state index is 0.0839. The molecule has 0 saturated carbocycles. The maximum Gasteiger partial charge on any atom is 0.301 e. The SMILES string of the molecule is CCCCCOc1ccc([C@@H]2C(=C(O)c3ccc4c(c3)OCCO4)C(=O)C(=O)N2c2nnc(SCc3ccccc3)s2)cc1OCC. The Morgan fingerprint density at radius 3 is 2.55 bits per heavy atom. The summed E-state index contributed by atoms with van der Waals surface area (Å²) in [4.78, 5) is 28.9.